The van der Waals surface area contributed by atoms with Gasteiger partial charge in [0.25, 0.3) is 5.56 Å². The zero-order chi connectivity index (χ0) is 16.4. The summed E-state index contributed by atoms with van der Waals surface area (Å²) < 4.78 is 11.7. The van der Waals surface area contributed by atoms with Crippen molar-refractivity contribution >= 4 is 5.97 Å². The number of hydrogen-bond donors (Lipinski definition) is 3. The van der Waals surface area contributed by atoms with E-state index in [9.17, 15) is 19.5 Å². The van der Waals surface area contributed by atoms with Crippen LogP contribution in [0.15, 0.2) is 15.8 Å². The van der Waals surface area contributed by atoms with Gasteiger partial charge in [0.2, 0.25) is 0 Å². The highest BCUT2D eigenvalue weighted by atomic mass is 16.6. The Kier molecular flexibility index (Phi) is 4.79. The van der Waals surface area contributed by atoms with Crippen molar-refractivity contribution in [2.45, 2.75) is 44.7 Å². The molecule has 1 saturated heterocycles. The maximum atomic E-state index is 11.8. The van der Waals surface area contributed by atoms with Gasteiger partial charge in [-0.15, -0.1) is 0 Å². The fourth-order valence-corrected chi connectivity index (χ4v) is 2.13. The van der Waals surface area contributed by atoms with E-state index in [2.05, 4.69) is 4.98 Å². The van der Waals surface area contributed by atoms with Gasteiger partial charge in [-0.05, 0) is 13.8 Å². The number of aromatic nitrogens is 2. The topological polar surface area (TPSA) is 137 Å². The highest BCUT2D eigenvalue weighted by Gasteiger charge is 2.36. The van der Waals surface area contributed by atoms with Gasteiger partial charge in [0.1, 0.15) is 25.0 Å². The molecule has 1 fully saturated rings. The Morgan fingerprint density at radius 2 is 2.32 bits per heavy atom. The van der Waals surface area contributed by atoms with Crippen LogP contribution in [0, 0.1) is 6.92 Å². The molecule has 1 aromatic rings. The molecule has 0 radical (unpaired) electrons. The van der Waals surface area contributed by atoms with Gasteiger partial charge in [-0.3, -0.25) is 19.1 Å². The van der Waals surface area contributed by atoms with E-state index in [-0.39, 0.29) is 13.0 Å². The number of hydrogen-bond acceptors (Lipinski definition) is 7. The Morgan fingerprint density at radius 3 is 2.95 bits per heavy atom. The molecule has 9 nitrogen and oxygen atoms in total. The van der Waals surface area contributed by atoms with Gasteiger partial charge in [-0.1, -0.05) is 0 Å². The van der Waals surface area contributed by atoms with Crippen LogP contribution in [0.1, 0.15) is 25.1 Å². The van der Waals surface area contributed by atoms with Crippen molar-refractivity contribution in [3.8, 4) is 0 Å². The van der Waals surface area contributed by atoms with Crippen LogP contribution >= 0.6 is 0 Å². The van der Waals surface area contributed by atoms with Crippen molar-refractivity contribution in [3.05, 3.63) is 32.6 Å². The Morgan fingerprint density at radius 1 is 1.64 bits per heavy atom. The van der Waals surface area contributed by atoms with Gasteiger partial charge < -0.3 is 20.3 Å². The molecule has 0 amide bonds. The average Bonchev–Trinajstić information content (AvgIpc) is 2.81. The van der Waals surface area contributed by atoms with Crippen LogP contribution in [-0.2, 0) is 14.3 Å². The average molecular weight is 313 g/mol. The number of nitrogens with one attached hydrogen (secondary N) is 1. The van der Waals surface area contributed by atoms with Crippen molar-refractivity contribution in [1.29, 1.82) is 0 Å². The number of aromatic amines is 1. The number of aliphatic hydroxyl groups excluding tert-OH is 1. The molecular formula is C13H19N3O6. The summed E-state index contributed by atoms with van der Waals surface area (Å²) in [6.07, 6.45) is -0.880. The number of nitrogens with two attached hydrogens (primary N) is 1. The predicted octanol–water partition coefficient (Wildman–Crippen LogP) is -1.62. The van der Waals surface area contributed by atoms with E-state index in [4.69, 9.17) is 15.2 Å². The smallest absolute Gasteiger partial charge is 0.330 e. The lowest BCUT2D eigenvalue weighted by Gasteiger charge is -2.17. The van der Waals surface area contributed by atoms with E-state index in [1.54, 1.807) is 6.92 Å². The standard InChI is InChI=1S/C13H19N3O6/c1-6-4-16(13(20)15-11(6)18)10-3-8(17)9(22-10)5-21-12(19)7(2)14/h4,7-10,17H,3,5,14H2,1-2H3,(H,15,18,20)/t7-,8+,9-,10-/m1/s1. The molecule has 22 heavy (non-hydrogen) atoms. The van der Waals surface area contributed by atoms with Gasteiger partial charge in [0, 0.05) is 18.2 Å². The number of ether oxygens (including phenoxy) is 2. The Bertz CT molecular complexity index is 664. The molecule has 2 heterocycles. The lowest BCUT2D eigenvalue weighted by Crippen LogP contribution is -2.35. The van der Waals surface area contributed by atoms with Crippen molar-refractivity contribution in [2.75, 3.05) is 6.61 Å². The molecule has 0 aromatic carbocycles. The number of aryl methyl sites for hydroxylation is 1. The minimum absolute atomic E-state index is 0.145. The van der Waals surface area contributed by atoms with Crippen molar-refractivity contribution in [1.82, 2.24) is 9.55 Å². The quantitative estimate of drug-likeness (QED) is 0.568. The fraction of sp³-hybridized carbons (Fsp3) is 0.615. The van der Waals surface area contributed by atoms with Crippen LogP contribution in [0.4, 0.5) is 0 Å². The number of carbonyl (C=O) groups is 1. The summed E-state index contributed by atoms with van der Waals surface area (Å²) >= 11 is 0. The first-order chi connectivity index (χ1) is 10.3. The summed E-state index contributed by atoms with van der Waals surface area (Å²) in [6.45, 7) is 2.89. The van der Waals surface area contributed by atoms with E-state index in [0.717, 1.165) is 0 Å². The summed E-state index contributed by atoms with van der Waals surface area (Å²) in [5.74, 6) is -0.601. The molecular weight excluding hydrogens is 294 g/mol. The maximum Gasteiger partial charge on any atom is 0.330 e. The highest BCUT2D eigenvalue weighted by Crippen LogP contribution is 2.27. The number of nitrogens with zero attached hydrogens (tertiary/aromatic N) is 1. The van der Waals surface area contributed by atoms with E-state index < -0.39 is 41.7 Å². The first kappa shape index (κ1) is 16.4. The van der Waals surface area contributed by atoms with Crippen LogP contribution in [0.2, 0.25) is 0 Å². The highest BCUT2D eigenvalue weighted by molar-refractivity contribution is 5.74. The molecule has 0 saturated carbocycles. The van der Waals surface area contributed by atoms with Gasteiger partial charge in [-0.2, -0.15) is 0 Å². The van der Waals surface area contributed by atoms with Gasteiger partial charge in [0.05, 0.1) is 6.10 Å². The summed E-state index contributed by atoms with van der Waals surface area (Å²) in [7, 11) is 0. The van der Waals surface area contributed by atoms with Gasteiger partial charge in [-0.25, -0.2) is 4.79 Å². The zero-order valence-corrected chi connectivity index (χ0v) is 12.3. The normalized spacial score (nSPS) is 25.9. The third-order valence-corrected chi connectivity index (χ3v) is 3.42. The summed E-state index contributed by atoms with van der Waals surface area (Å²) in [5.41, 5.74) is 4.62. The second kappa shape index (κ2) is 6.42. The molecule has 4 atom stereocenters. The zero-order valence-electron chi connectivity index (χ0n) is 12.3. The van der Waals surface area contributed by atoms with Crippen molar-refractivity contribution in [3.63, 3.8) is 0 Å². The number of aliphatic hydroxyl groups is 1. The fourth-order valence-electron chi connectivity index (χ4n) is 2.13. The molecule has 9 heteroatoms. The van der Waals surface area contributed by atoms with Gasteiger partial charge >= 0.3 is 11.7 Å². The lowest BCUT2D eigenvalue weighted by molar-refractivity contribution is -0.151. The molecule has 0 unspecified atom stereocenters. The number of carbonyl (C=O) groups excluding carboxylic acids is 1. The Hall–Kier alpha value is -1.97. The van der Waals surface area contributed by atoms with Crippen molar-refractivity contribution < 1.29 is 19.4 Å². The Labute approximate surface area is 125 Å². The third kappa shape index (κ3) is 3.43. The van der Waals surface area contributed by atoms with E-state index >= 15 is 0 Å². The van der Waals surface area contributed by atoms with Crippen LogP contribution in [0.25, 0.3) is 0 Å². The predicted molar refractivity (Wildman–Crippen MR) is 75.2 cm³/mol. The minimum atomic E-state index is -0.898. The SMILES string of the molecule is Cc1cn([C@H]2C[C@H](O)[C@@H](COC(=O)[C@@H](C)N)O2)c(=O)[nH]c1=O. The number of H-pyrrole nitrogens is 1. The molecule has 122 valence electrons. The molecule has 1 aromatic heterocycles. The van der Waals surface area contributed by atoms with Crippen LogP contribution in [0.5, 0.6) is 0 Å². The van der Waals surface area contributed by atoms with E-state index in [0.29, 0.717) is 5.56 Å². The summed E-state index contributed by atoms with van der Waals surface area (Å²) in [5, 5.41) is 9.95. The molecule has 2 rings (SSSR count). The monoisotopic (exact) mass is 313 g/mol. The first-order valence-electron chi connectivity index (χ1n) is 6.87. The molecule has 4 N–H and O–H groups in total. The second-order valence-electron chi connectivity index (χ2n) is 5.33. The number of rotatable bonds is 4. The lowest BCUT2D eigenvalue weighted by atomic mass is 10.2. The second-order valence-corrected chi connectivity index (χ2v) is 5.33. The molecule has 1 aliphatic rings. The van der Waals surface area contributed by atoms with Crippen LogP contribution in [-0.4, -0.2) is 45.5 Å². The maximum absolute atomic E-state index is 11.8. The molecule has 1 aliphatic heterocycles. The van der Waals surface area contributed by atoms with Crippen LogP contribution < -0.4 is 17.0 Å². The summed E-state index contributed by atoms with van der Waals surface area (Å²) in [4.78, 5) is 36.6. The largest absolute Gasteiger partial charge is 0.462 e. The molecule has 0 aliphatic carbocycles. The first-order valence-corrected chi connectivity index (χ1v) is 6.87. The van der Waals surface area contributed by atoms with Crippen LogP contribution in [0.3, 0.4) is 0 Å². The van der Waals surface area contributed by atoms with E-state index in [1.165, 1.54) is 17.7 Å². The summed E-state index contributed by atoms with van der Waals surface area (Å²) in [6, 6.07) is -0.765. The van der Waals surface area contributed by atoms with Gasteiger partial charge in [0.15, 0.2) is 0 Å². The third-order valence-electron chi connectivity index (χ3n) is 3.42. The van der Waals surface area contributed by atoms with E-state index in [1.807, 2.05) is 0 Å². The minimum Gasteiger partial charge on any atom is -0.462 e. The molecule has 0 bridgehead atoms. The number of esters is 1. The Balaban J connectivity index is 2.08. The van der Waals surface area contributed by atoms with Crippen molar-refractivity contribution in [2.24, 2.45) is 5.73 Å². The molecule has 0 spiro atoms.